The molecule has 0 saturated carbocycles. The summed E-state index contributed by atoms with van der Waals surface area (Å²) in [4.78, 5) is 24.2. The minimum Gasteiger partial charge on any atom is -0.411 e. The Bertz CT molecular complexity index is 1030. The van der Waals surface area contributed by atoms with Gasteiger partial charge in [-0.15, -0.1) is 10.2 Å². The normalized spacial score (nSPS) is 11.9. The fourth-order valence-corrected chi connectivity index (χ4v) is 3.27. The number of Topliss-reactive ketones (excluding diaryl/α,β-unsaturated/α-hetero) is 1. The van der Waals surface area contributed by atoms with Crippen LogP contribution in [-0.2, 0) is 4.79 Å². The van der Waals surface area contributed by atoms with E-state index in [1.54, 1.807) is 31.2 Å². The fraction of sp³-hybridized carbons (Fsp3) is 0.238. The SMILES string of the molecule is CC(=O)c1ccccc1NC(=O)[C@H](C)Sc1nnc(-c2ccc(C)c(C)c2)o1. The number of thioether (sulfide) groups is 1. The Balaban J connectivity index is 1.69. The third-order valence-electron chi connectivity index (χ3n) is 4.37. The van der Waals surface area contributed by atoms with Crippen LogP contribution in [0.2, 0.25) is 0 Å². The molecule has 0 bridgehead atoms. The second kappa shape index (κ2) is 8.39. The van der Waals surface area contributed by atoms with Gasteiger partial charge in [-0.2, -0.15) is 0 Å². The zero-order chi connectivity index (χ0) is 20.3. The van der Waals surface area contributed by atoms with Crippen molar-refractivity contribution >= 4 is 29.1 Å². The molecular formula is C21H21N3O3S. The van der Waals surface area contributed by atoms with Crippen LogP contribution in [0.1, 0.15) is 35.3 Å². The number of carbonyl (C=O) groups is 2. The van der Waals surface area contributed by atoms with Gasteiger partial charge >= 0.3 is 0 Å². The van der Waals surface area contributed by atoms with Crippen molar-refractivity contribution in [2.45, 2.75) is 38.2 Å². The van der Waals surface area contributed by atoms with Crippen molar-refractivity contribution < 1.29 is 14.0 Å². The van der Waals surface area contributed by atoms with Crippen LogP contribution < -0.4 is 5.32 Å². The molecule has 3 rings (SSSR count). The molecule has 0 fully saturated rings. The Morgan fingerprint density at radius 1 is 1.07 bits per heavy atom. The van der Waals surface area contributed by atoms with Crippen LogP contribution in [0.25, 0.3) is 11.5 Å². The number of aromatic nitrogens is 2. The van der Waals surface area contributed by atoms with Gasteiger partial charge in [-0.25, -0.2) is 0 Å². The smallest absolute Gasteiger partial charge is 0.277 e. The average molecular weight is 395 g/mol. The van der Waals surface area contributed by atoms with Crippen molar-refractivity contribution in [1.29, 1.82) is 0 Å². The third kappa shape index (κ3) is 4.48. The Hall–Kier alpha value is -2.93. The first-order chi connectivity index (χ1) is 13.3. The second-order valence-electron chi connectivity index (χ2n) is 6.52. The molecule has 144 valence electrons. The Kier molecular flexibility index (Phi) is 5.94. The van der Waals surface area contributed by atoms with Crippen molar-refractivity contribution in [3.63, 3.8) is 0 Å². The highest BCUT2D eigenvalue weighted by molar-refractivity contribution is 8.00. The second-order valence-corrected chi connectivity index (χ2v) is 7.82. The van der Waals surface area contributed by atoms with E-state index in [0.29, 0.717) is 22.4 Å². The molecule has 28 heavy (non-hydrogen) atoms. The summed E-state index contributed by atoms with van der Waals surface area (Å²) in [6.45, 7) is 7.28. The summed E-state index contributed by atoms with van der Waals surface area (Å²) in [6.07, 6.45) is 0. The van der Waals surface area contributed by atoms with E-state index in [9.17, 15) is 9.59 Å². The number of aryl methyl sites for hydroxylation is 2. The molecule has 1 amide bonds. The summed E-state index contributed by atoms with van der Waals surface area (Å²) in [5.41, 5.74) is 4.14. The minimum atomic E-state index is -0.479. The zero-order valence-electron chi connectivity index (χ0n) is 16.1. The molecule has 3 aromatic rings. The molecule has 0 aliphatic heterocycles. The maximum Gasteiger partial charge on any atom is 0.277 e. The van der Waals surface area contributed by atoms with E-state index < -0.39 is 5.25 Å². The largest absolute Gasteiger partial charge is 0.411 e. The van der Waals surface area contributed by atoms with E-state index in [4.69, 9.17) is 4.42 Å². The van der Waals surface area contributed by atoms with Crippen LogP contribution in [0, 0.1) is 13.8 Å². The number of para-hydroxylation sites is 1. The van der Waals surface area contributed by atoms with Crippen LogP contribution in [0.5, 0.6) is 0 Å². The quantitative estimate of drug-likeness (QED) is 0.482. The van der Waals surface area contributed by atoms with Crippen LogP contribution in [0.3, 0.4) is 0 Å². The number of amides is 1. The molecule has 0 radical (unpaired) electrons. The Morgan fingerprint density at radius 2 is 1.82 bits per heavy atom. The van der Waals surface area contributed by atoms with Crippen LogP contribution in [0.4, 0.5) is 5.69 Å². The number of hydrogen-bond donors (Lipinski definition) is 1. The summed E-state index contributed by atoms with van der Waals surface area (Å²) >= 11 is 1.17. The predicted molar refractivity (Wildman–Crippen MR) is 110 cm³/mol. The molecule has 7 heteroatoms. The molecule has 2 aromatic carbocycles. The summed E-state index contributed by atoms with van der Waals surface area (Å²) in [7, 11) is 0. The molecule has 1 heterocycles. The summed E-state index contributed by atoms with van der Waals surface area (Å²) in [6, 6.07) is 12.8. The predicted octanol–water partition coefficient (Wildman–Crippen LogP) is 4.68. The van der Waals surface area contributed by atoms with Gasteiger partial charge < -0.3 is 9.73 Å². The lowest BCUT2D eigenvalue weighted by molar-refractivity contribution is -0.115. The van der Waals surface area contributed by atoms with E-state index >= 15 is 0 Å². The van der Waals surface area contributed by atoms with Crippen molar-refractivity contribution in [3.8, 4) is 11.5 Å². The molecule has 0 spiro atoms. The van der Waals surface area contributed by atoms with Crippen LogP contribution >= 0.6 is 11.8 Å². The van der Waals surface area contributed by atoms with Crippen molar-refractivity contribution in [2.24, 2.45) is 0 Å². The number of benzene rings is 2. The number of nitrogens with one attached hydrogen (secondary N) is 1. The topological polar surface area (TPSA) is 85.1 Å². The molecule has 6 nitrogen and oxygen atoms in total. The first kappa shape index (κ1) is 19.8. The first-order valence-electron chi connectivity index (χ1n) is 8.83. The number of rotatable bonds is 6. The molecule has 1 N–H and O–H groups in total. The number of nitrogens with zero attached hydrogens (tertiary/aromatic N) is 2. The van der Waals surface area contributed by atoms with Gasteiger partial charge in [0.05, 0.1) is 10.9 Å². The van der Waals surface area contributed by atoms with Crippen molar-refractivity contribution in [2.75, 3.05) is 5.32 Å². The number of ketones is 1. The van der Waals surface area contributed by atoms with Crippen LogP contribution in [-0.4, -0.2) is 27.1 Å². The molecule has 0 unspecified atom stereocenters. The van der Waals surface area contributed by atoms with Gasteiger partial charge in [0.1, 0.15) is 0 Å². The summed E-state index contributed by atoms with van der Waals surface area (Å²) in [5.74, 6) is 0.0657. The molecule has 0 aliphatic carbocycles. The van der Waals surface area contributed by atoms with Gasteiger partial charge in [0.25, 0.3) is 5.22 Å². The van der Waals surface area contributed by atoms with Crippen LogP contribution in [0.15, 0.2) is 52.1 Å². The number of carbonyl (C=O) groups excluding carboxylic acids is 2. The Labute approximate surface area is 167 Å². The van der Waals surface area contributed by atoms with E-state index in [1.807, 2.05) is 32.0 Å². The summed E-state index contributed by atoms with van der Waals surface area (Å²) in [5, 5.41) is 10.7. The lowest BCUT2D eigenvalue weighted by Crippen LogP contribution is -2.23. The number of hydrogen-bond acceptors (Lipinski definition) is 6. The van der Waals surface area contributed by atoms with Gasteiger partial charge in [-0.05, 0) is 63.1 Å². The standard InChI is InChI=1S/C21H21N3O3S/c1-12-9-10-16(11-13(12)2)20-23-24-21(27-20)28-15(4)19(26)22-18-8-6-5-7-17(18)14(3)25/h5-11,15H,1-4H3,(H,22,26)/t15-/m0/s1. The maximum atomic E-state index is 12.5. The molecule has 0 aliphatic rings. The molecular weight excluding hydrogens is 374 g/mol. The highest BCUT2D eigenvalue weighted by Crippen LogP contribution is 2.28. The molecule has 0 saturated heterocycles. The maximum absolute atomic E-state index is 12.5. The lowest BCUT2D eigenvalue weighted by Gasteiger charge is -2.12. The highest BCUT2D eigenvalue weighted by atomic mass is 32.2. The molecule has 1 aromatic heterocycles. The van der Waals surface area contributed by atoms with Gasteiger partial charge in [0, 0.05) is 11.1 Å². The van der Waals surface area contributed by atoms with Crippen molar-refractivity contribution in [1.82, 2.24) is 10.2 Å². The number of anilines is 1. The van der Waals surface area contributed by atoms with Gasteiger partial charge in [-0.3, -0.25) is 9.59 Å². The van der Waals surface area contributed by atoms with Gasteiger partial charge in [0.15, 0.2) is 5.78 Å². The van der Waals surface area contributed by atoms with Gasteiger partial charge in [-0.1, -0.05) is 30.0 Å². The van der Waals surface area contributed by atoms with E-state index in [2.05, 4.69) is 15.5 Å². The Morgan fingerprint density at radius 3 is 2.54 bits per heavy atom. The fourth-order valence-electron chi connectivity index (χ4n) is 2.59. The van der Waals surface area contributed by atoms with E-state index in [1.165, 1.54) is 24.2 Å². The minimum absolute atomic E-state index is 0.105. The average Bonchev–Trinajstić information content (AvgIpc) is 3.12. The lowest BCUT2D eigenvalue weighted by atomic mass is 10.1. The zero-order valence-corrected chi connectivity index (χ0v) is 17.0. The van der Waals surface area contributed by atoms with E-state index in [-0.39, 0.29) is 11.7 Å². The van der Waals surface area contributed by atoms with Gasteiger partial charge in [0.2, 0.25) is 11.8 Å². The molecule has 1 atom stereocenters. The third-order valence-corrected chi connectivity index (χ3v) is 5.31. The highest BCUT2D eigenvalue weighted by Gasteiger charge is 2.20. The monoisotopic (exact) mass is 395 g/mol. The first-order valence-corrected chi connectivity index (χ1v) is 9.71. The summed E-state index contributed by atoms with van der Waals surface area (Å²) < 4.78 is 5.70. The van der Waals surface area contributed by atoms with E-state index in [0.717, 1.165) is 11.1 Å². The van der Waals surface area contributed by atoms with Crippen molar-refractivity contribution in [3.05, 3.63) is 59.2 Å².